The molecule has 1 N–H and O–H groups in total. The van der Waals surface area contributed by atoms with Gasteiger partial charge in [0, 0.05) is 42.4 Å². The fraction of sp³-hybridized carbons (Fsp3) is 0.357. The Morgan fingerprint density at radius 1 is 1.02 bits per heavy atom. The van der Waals surface area contributed by atoms with Gasteiger partial charge in [-0.05, 0) is 47.0 Å². The maximum Gasteiger partial charge on any atom is 0.414 e. The lowest BCUT2D eigenvalue weighted by atomic mass is 9.82. The molecule has 0 radical (unpaired) electrons. The van der Waals surface area contributed by atoms with Crippen molar-refractivity contribution in [1.29, 1.82) is 0 Å². The summed E-state index contributed by atoms with van der Waals surface area (Å²) in [6, 6.07) is 29.1. The number of hydrogen-bond donors (Lipinski definition) is 1. The first-order valence-corrected chi connectivity index (χ1v) is 21.9. The molecule has 0 unspecified atom stereocenters. The van der Waals surface area contributed by atoms with E-state index in [2.05, 4.69) is 13.1 Å². The molecule has 56 heavy (non-hydrogen) atoms. The zero-order valence-corrected chi connectivity index (χ0v) is 32.9. The van der Waals surface area contributed by atoms with Gasteiger partial charge >= 0.3 is 6.09 Å². The van der Waals surface area contributed by atoms with Gasteiger partial charge in [-0.3, -0.25) is 24.6 Å². The van der Waals surface area contributed by atoms with Crippen LogP contribution < -0.4 is 19.7 Å². The van der Waals surface area contributed by atoms with Gasteiger partial charge in [0.25, 0.3) is 11.6 Å². The number of benzene rings is 4. The molecule has 4 aromatic rings. The number of amides is 3. The van der Waals surface area contributed by atoms with E-state index in [4.69, 9.17) is 14.2 Å². The third kappa shape index (κ3) is 6.92. The van der Waals surface area contributed by atoms with Gasteiger partial charge in [-0.25, -0.2) is 4.79 Å². The van der Waals surface area contributed by atoms with Gasteiger partial charge in [0.05, 0.1) is 58.0 Å². The van der Waals surface area contributed by atoms with Gasteiger partial charge in [0.2, 0.25) is 5.91 Å². The van der Waals surface area contributed by atoms with E-state index in [-0.39, 0.29) is 62.3 Å². The quantitative estimate of drug-likeness (QED) is 0.102. The van der Waals surface area contributed by atoms with Crippen LogP contribution >= 0.6 is 0 Å². The average molecular weight is 779 g/mol. The van der Waals surface area contributed by atoms with E-state index in [1.807, 2.05) is 79.7 Å². The highest BCUT2D eigenvalue weighted by molar-refractivity contribution is 6.91. The second kappa shape index (κ2) is 15.5. The van der Waals surface area contributed by atoms with E-state index < -0.39 is 36.7 Å². The zero-order valence-electron chi connectivity index (χ0n) is 31.9. The minimum absolute atomic E-state index is 0.0678. The van der Waals surface area contributed by atoms with E-state index in [0.29, 0.717) is 29.2 Å². The van der Waals surface area contributed by atoms with Crippen LogP contribution in [0.3, 0.4) is 0 Å². The number of carbonyl (C=O) groups excluding carboxylic acids is 3. The summed E-state index contributed by atoms with van der Waals surface area (Å²) in [6.45, 7) is 7.32. The third-order valence-corrected chi connectivity index (χ3v) is 16.0. The smallest absolute Gasteiger partial charge is 0.414 e. The van der Waals surface area contributed by atoms with E-state index in [0.717, 1.165) is 16.3 Å². The Labute approximate surface area is 326 Å². The molecule has 4 atom stereocenters. The van der Waals surface area contributed by atoms with E-state index in [1.165, 1.54) is 17.0 Å². The summed E-state index contributed by atoms with van der Waals surface area (Å²) in [5, 5.41) is 23.3. The van der Waals surface area contributed by atoms with Crippen molar-refractivity contribution in [2.75, 3.05) is 43.2 Å². The Balaban J connectivity index is 1.31. The molecule has 0 bridgehead atoms. The van der Waals surface area contributed by atoms with Crippen molar-refractivity contribution in [3.8, 4) is 5.75 Å². The molecule has 14 heteroatoms. The van der Waals surface area contributed by atoms with Crippen molar-refractivity contribution in [1.82, 2.24) is 4.90 Å². The molecule has 0 aromatic heterocycles. The Bertz CT molecular complexity index is 2130. The normalized spacial score (nSPS) is 21.7. The van der Waals surface area contributed by atoms with Crippen LogP contribution in [-0.4, -0.2) is 80.4 Å². The molecule has 0 aliphatic carbocycles. The number of ether oxygens (including phenoxy) is 3. The summed E-state index contributed by atoms with van der Waals surface area (Å²) < 4.78 is 17.7. The van der Waals surface area contributed by atoms with E-state index in [1.54, 1.807) is 29.0 Å². The van der Waals surface area contributed by atoms with Crippen molar-refractivity contribution < 1.29 is 38.6 Å². The number of nitro benzene ring substituents is 1. The third-order valence-electron chi connectivity index (χ3n) is 11.7. The Hall–Kier alpha value is -5.57. The number of hydrogen-bond acceptors (Lipinski definition) is 9. The summed E-state index contributed by atoms with van der Waals surface area (Å²) in [4.78, 5) is 58.5. The molecule has 2 fully saturated rings. The Morgan fingerprint density at radius 3 is 2.41 bits per heavy atom. The Kier molecular flexibility index (Phi) is 10.7. The summed E-state index contributed by atoms with van der Waals surface area (Å²) in [5.41, 5.74) is 1.01. The van der Waals surface area contributed by atoms with E-state index in [9.17, 15) is 24.8 Å². The molecule has 3 aliphatic rings. The van der Waals surface area contributed by atoms with Gasteiger partial charge < -0.3 is 29.1 Å². The lowest BCUT2D eigenvalue weighted by Gasteiger charge is -2.37. The van der Waals surface area contributed by atoms with Crippen LogP contribution in [0.25, 0.3) is 0 Å². The lowest BCUT2D eigenvalue weighted by molar-refractivity contribution is -0.385. The highest BCUT2D eigenvalue weighted by atomic mass is 28.3. The molecule has 7 rings (SSSR count). The average Bonchev–Trinajstić information content (AvgIpc) is 3.83. The maximum atomic E-state index is 15.3. The fourth-order valence-corrected chi connectivity index (χ4v) is 12.9. The first-order chi connectivity index (χ1) is 26.9. The van der Waals surface area contributed by atoms with Crippen molar-refractivity contribution in [3.05, 3.63) is 124 Å². The number of anilines is 2. The summed E-state index contributed by atoms with van der Waals surface area (Å²) in [5.74, 6) is -0.428. The molecule has 2 saturated heterocycles. The van der Waals surface area contributed by atoms with Crippen molar-refractivity contribution in [2.45, 2.75) is 56.8 Å². The molecule has 0 saturated carbocycles. The van der Waals surface area contributed by atoms with Crippen LogP contribution in [0, 0.1) is 16.0 Å². The fourth-order valence-electron chi connectivity index (χ4n) is 8.92. The molecule has 3 aliphatic heterocycles. The zero-order chi connectivity index (χ0) is 39.8. The van der Waals surface area contributed by atoms with Crippen LogP contribution in [0.15, 0.2) is 97.1 Å². The number of carbonyl (C=O) groups is 3. The molecule has 1 spiro atoms. The number of cyclic esters (lactones) is 1. The highest BCUT2D eigenvalue weighted by Gasteiger charge is 2.66. The van der Waals surface area contributed by atoms with Crippen LogP contribution in [0.2, 0.25) is 18.6 Å². The largest absolute Gasteiger partial charge is 0.497 e. The van der Waals surface area contributed by atoms with E-state index >= 15 is 4.79 Å². The van der Waals surface area contributed by atoms with Gasteiger partial charge in [0.15, 0.2) is 5.60 Å². The highest BCUT2D eigenvalue weighted by Crippen LogP contribution is 2.60. The van der Waals surface area contributed by atoms with Gasteiger partial charge in [-0.15, -0.1) is 0 Å². The summed E-state index contributed by atoms with van der Waals surface area (Å²) in [7, 11) is -1.06. The van der Waals surface area contributed by atoms with Crippen molar-refractivity contribution >= 4 is 48.2 Å². The topological polar surface area (TPSA) is 152 Å². The molecule has 3 amide bonds. The molecule has 3 heterocycles. The molecule has 4 aromatic carbocycles. The van der Waals surface area contributed by atoms with Crippen LogP contribution in [0.4, 0.5) is 21.9 Å². The first kappa shape index (κ1) is 38.7. The van der Waals surface area contributed by atoms with Gasteiger partial charge in [0.1, 0.15) is 12.4 Å². The first-order valence-electron chi connectivity index (χ1n) is 18.8. The van der Waals surface area contributed by atoms with Crippen LogP contribution in [-0.2, 0) is 37.8 Å². The van der Waals surface area contributed by atoms with Crippen molar-refractivity contribution in [3.63, 3.8) is 0 Å². The Morgan fingerprint density at radius 2 is 1.75 bits per heavy atom. The number of fused-ring (bicyclic) bond motifs is 2. The van der Waals surface area contributed by atoms with Crippen LogP contribution in [0.1, 0.15) is 30.0 Å². The second-order valence-corrected chi connectivity index (χ2v) is 19.9. The monoisotopic (exact) mass is 778 g/mol. The number of nitrogens with zero attached hydrogens (tertiary/aromatic N) is 4. The standard InChI is InChI=1S/C42H46N4O9Si/c1-28-39(56(3,4)34-16-14-33(53-2)15-17-34)37(25-38(48)43(19-21-47)26-29-9-6-5-7-10-29)55-42(28)35-24-32(46(51)52)13-18-36(35)45(40(42)49)27-30-11-8-12-31(23-30)44-20-22-54-41(44)50/h5-18,23-24,28,37,39,47H,19-22,25-27H2,1-4H3/t28-,37+,39-,42+/m1/s1. The summed E-state index contributed by atoms with van der Waals surface area (Å²) in [6.07, 6.45) is -1.26. The molecule has 13 nitrogen and oxygen atoms in total. The summed E-state index contributed by atoms with van der Waals surface area (Å²) >= 11 is 0. The predicted octanol–water partition coefficient (Wildman–Crippen LogP) is 5.73. The SMILES string of the molecule is COc1ccc([Si](C)(C)[C@H]2[C@H](CC(=O)N(CCO)Cc3ccccc3)O[C@@]3(C(=O)N(Cc4cccc(N5CCOC5=O)c4)c4ccc([N+](=O)[O-])cc43)[C@@H]2C)cc1. The van der Waals surface area contributed by atoms with Gasteiger partial charge in [-0.1, -0.05) is 79.8 Å². The van der Waals surface area contributed by atoms with Crippen LogP contribution in [0.5, 0.6) is 5.75 Å². The number of aliphatic hydroxyl groups is 1. The number of nitro groups is 1. The predicted molar refractivity (Wildman–Crippen MR) is 213 cm³/mol. The minimum atomic E-state index is -2.66. The molecule has 292 valence electrons. The second-order valence-electron chi connectivity index (χ2n) is 15.2. The maximum absolute atomic E-state index is 15.3. The number of methoxy groups -OCH3 is 1. The molecular weight excluding hydrogens is 733 g/mol. The number of aliphatic hydroxyl groups excluding tert-OH is 1. The lowest BCUT2D eigenvalue weighted by Crippen LogP contribution is -2.52. The van der Waals surface area contributed by atoms with Crippen molar-refractivity contribution in [2.24, 2.45) is 5.92 Å². The minimum Gasteiger partial charge on any atom is -0.497 e. The van der Waals surface area contributed by atoms with Gasteiger partial charge in [-0.2, -0.15) is 0 Å². The number of non-ortho nitro benzene ring substituents is 1. The number of rotatable bonds is 13. The molecular formula is C42H46N4O9Si.